The number of aromatic nitrogens is 2. The number of rotatable bonds is 7. The fourth-order valence-electron chi connectivity index (χ4n) is 1.64. The number of nitrogen functional groups attached to an aromatic ring is 1. The number of nitrogens with zero attached hydrogens (tertiary/aromatic N) is 3. The molecule has 0 saturated carbocycles. The fourth-order valence-corrected chi connectivity index (χ4v) is 1.64. The second kappa shape index (κ2) is 7.03. The zero-order valence-corrected chi connectivity index (χ0v) is 10.7. The molecule has 0 unspecified atom stereocenters. The number of anilines is 2. The first-order valence-electron chi connectivity index (χ1n) is 5.85. The summed E-state index contributed by atoms with van der Waals surface area (Å²) in [4.78, 5) is 10.5. The van der Waals surface area contributed by atoms with Crippen molar-refractivity contribution in [1.29, 1.82) is 0 Å². The molecule has 96 valence electrons. The smallest absolute Gasteiger partial charge is 0.148 e. The van der Waals surface area contributed by atoms with Gasteiger partial charge in [-0.05, 0) is 20.8 Å². The first-order chi connectivity index (χ1) is 8.24. The zero-order chi connectivity index (χ0) is 12.7. The molecule has 0 spiro atoms. The topological polar surface area (TPSA) is 76.3 Å². The van der Waals surface area contributed by atoms with Gasteiger partial charge < -0.3 is 15.1 Å². The van der Waals surface area contributed by atoms with E-state index in [1.807, 2.05) is 13.8 Å². The van der Waals surface area contributed by atoms with Crippen molar-refractivity contribution < 1.29 is 4.74 Å². The molecule has 3 N–H and O–H groups in total. The van der Waals surface area contributed by atoms with E-state index in [1.165, 1.54) is 6.33 Å². The van der Waals surface area contributed by atoms with Crippen LogP contribution in [0.4, 0.5) is 11.6 Å². The largest absolute Gasteiger partial charge is 0.380 e. The molecule has 0 aliphatic rings. The highest BCUT2D eigenvalue weighted by Crippen LogP contribution is 2.20. The minimum Gasteiger partial charge on any atom is -0.380 e. The van der Waals surface area contributed by atoms with E-state index in [-0.39, 0.29) is 0 Å². The molecule has 0 atom stereocenters. The van der Waals surface area contributed by atoms with Crippen molar-refractivity contribution >= 4 is 11.6 Å². The SMILES string of the molecule is CCOCCN(CC)c1ncnc(NN)c1C. The fraction of sp³-hybridized carbons (Fsp3) is 0.636. The Morgan fingerprint density at radius 3 is 2.76 bits per heavy atom. The molecule has 0 aromatic carbocycles. The van der Waals surface area contributed by atoms with Crippen molar-refractivity contribution in [2.24, 2.45) is 5.84 Å². The molecule has 6 nitrogen and oxygen atoms in total. The second-order valence-corrected chi connectivity index (χ2v) is 3.59. The number of hydrogen-bond acceptors (Lipinski definition) is 6. The standard InChI is InChI=1S/C11H21N5O/c1-4-16(6-7-17-5-2)11-9(3)10(15-12)13-8-14-11/h8H,4-7,12H2,1-3H3,(H,13,14,15). The van der Waals surface area contributed by atoms with Crippen LogP contribution in [0.2, 0.25) is 0 Å². The number of ether oxygens (including phenoxy) is 1. The lowest BCUT2D eigenvalue weighted by Crippen LogP contribution is -2.29. The first-order valence-corrected chi connectivity index (χ1v) is 5.85. The number of hydrazine groups is 1. The maximum absolute atomic E-state index is 5.40. The monoisotopic (exact) mass is 239 g/mol. The van der Waals surface area contributed by atoms with Crippen molar-refractivity contribution in [1.82, 2.24) is 9.97 Å². The summed E-state index contributed by atoms with van der Waals surface area (Å²) in [7, 11) is 0. The van der Waals surface area contributed by atoms with Gasteiger partial charge in [-0.3, -0.25) is 0 Å². The van der Waals surface area contributed by atoms with Crippen molar-refractivity contribution in [3.05, 3.63) is 11.9 Å². The molecule has 1 aromatic heterocycles. The van der Waals surface area contributed by atoms with Crippen LogP contribution in [-0.2, 0) is 4.74 Å². The second-order valence-electron chi connectivity index (χ2n) is 3.59. The van der Waals surface area contributed by atoms with Crippen LogP contribution in [-0.4, -0.2) is 36.3 Å². The molecular weight excluding hydrogens is 218 g/mol. The normalized spacial score (nSPS) is 10.4. The quantitative estimate of drug-likeness (QED) is 0.419. The zero-order valence-electron chi connectivity index (χ0n) is 10.7. The summed E-state index contributed by atoms with van der Waals surface area (Å²) in [5.74, 6) is 6.95. The van der Waals surface area contributed by atoms with Gasteiger partial charge in [0.05, 0.1) is 6.61 Å². The van der Waals surface area contributed by atoms with Crippen LogP contribution < -0.4 is 16.2 Å². The van der Waals surface area contributed by atoms with Crippen LogP contribution in [0.25, 0.3) is 0 Å². The summed E-state index contributed by atoms with van der Waals surface area (Å²) in [5, 5.41) is 0. The van der Waals surface area contributed by atoms with Crippen molar-refractivity contribution in [2.75, 3.05) is 36.6 Å². The molecular formula is C11H21N5O. The third kappa shape index (κ3) is 3.54. The van der Waals surface area contributed by atoms with E-state index in [9.17, 15) is 0 Å². The Hall–Kier alpha value is -1.40. The molecule has 0 amide bonds. The predicted octanol–water partition coefficient (Wildman–Crippen LogP) is 0.933. The van der Waals surface area contributed by atoms with Gasteiger partial charge in [0.1, 0.15) is 18.0 Å². The molecule has 0 fully saturated rings. The van der Waals surface area contributed by atoms with Gasteiger partial charge in [0.2, 0.25) is 0 Å². The van der Waals surface area contributed by atoms with Crippen LogP contribution in [0.15, 0.2) is 6.33 Å². The summed E-state index contributed by atoms with van der Waals surface area (Å²) in [6.45, 7) is 9.13. The Bertz CT molecular complexity index is 345. The Morgan fingerprint density at radius 2 is 2.18 bits per heavy atom. The maximum Gasteiger partial charge on any atom is 0.148 e. The minimum atomic E-state index is 0.657. The van der Waals surface area contributed by atoms with E-state index in [1.54, 1.807) is 0 Å². The first kappa shape index (κ1) is 13.7. The van der Waals surface area contributed by atoms with Gasteiger partial charge in [-0.25, -0.2) is 15.8 Å². The van der Waals surface area contributed by atoms with E-state index in [0.29, 0.717) is 12.4 Å². The van der Waals surface area contributed by atoms with Gasteiger partial charge in [0.15, 0.2) is 0 Å². The van der Waals surface area contributed by atoms with Gasteiger partial charge in [-0.15, -0.1) is 0 Å². The van der Waals surface area contributed by atoms with E-state index in [2.05, 4.69) is 27.2 Å². The van der Waals surface area contributed by atoms with Crippen LogP contribution in [0, 0.1) is 6.92 Å². The number of nitrogens with two attached hydrogens (primary N) is 1. The molecule has 6 heteroatoms. The Morgan fingerprint density at radius 1 is 1.41 bits per heavy atom. The number of nitrogens with one attached hydrogen (secondary N) is 1. The molecule has 0 radical (unpaired) electrons. The predicted molar refractivity (Wildman–Crippen MR) is 69.0 cm³/mol. The average molecular weight is 239 g/mol. The van der Waals surface area contributed by atoms with Crippen molar-refractivity contribution in [3.63, 3.8) is 0 Å². The van der Waals surface area contributed by atoms with E-state index in [0.717, 1.165) is 31.1 Å². The molecule has 1 heterocycles. The lowest BCUT2D eigenvalue weighted by molar-refractivity contribution is 0.154. The highest BCUT2D eigenvalue weighted by molar-refractivity contribution is 5.57. The third-order valence-corrected chi connectivity index (χ3v) is 2.59. The summed E-state index contributed by atoms with van der Waals surface area (Å²) < 4.78 is 5.36. The molecule has 0 saturated heterocycles. The number of likely N-dealkylation sites (N-methyl/N-ethyl adjacent to an activating group) is 1. The minimum absolute atomic E-state index is 0.657. The molecule has 1 rings (SSSR count). The lowest BCUT2D eigenvalue weighted by Gasteiger charge is -2.23. The number of hydrogen-bond donors (Lipinski definition) is 2. The molecule has 1 aromatic rings. The van der Waals surface area contributed by atoms with Gasteiger partial charge in [-0.1, -0.05) is 0 Å². The highest BCUT2D eigenvalue weighted by Gasteiger charge is 2.12. The van der Waals surface area contributed by atoms with Gasteiger partial charge in [0, 0.05) is 25.3 Å². The summed E-state index contributed by atoms with van der Waals surface area (Å²) in [6.07, 6.45) is 1.51. The summed E-state index contributed by atoms with van der Waals surface area (Å²) in [6, 6.07) is 0. The third-order valence-electron chi connectivity index (χ3n) is 2.59. The van der Waals surface area contributed by atoms with E-state index < -0.39 is 0 Å². The van der Waals surface area contributed by atoms with Crippen molar-refractivity contribution in [2.45, 2.75) is 20.8 Å². The Kier molecular flexibility index (Phi) is 5.65. The maximum atomic E-state index is 5.40. The van der Waals surface area contributed by atoms with Gasteiger partial charge in [0.25, 0.3) is 0 Å². The molecule has 0 bridgehead atoms. The molecule has 0 aliphatic heterocycles. The van der Waals surface area contributed by atoms with Gasteiger partial charge in [-0.2, -0.15) is 0 Å². The van der Waals surface area contributed by atoms with Crippen molar-refractivity contribution in [3.8, 4) is 0 Å². The Balaban J connectivity index is 2.80. The summed E-state index contributed by atoms with van der Waals surface area (Å²) >= 11 is 0. The van der Waals surface area contributed by atoms with Crippen LogP contribution in [0.1, 0.15) is 19.4 Å². The highest BCUT2D eigenvalue weighted by atomic mass is 16.5. The average Bonchev–Trinajstić information content (AvgIpc) is 2.36. The van der Waals surface area contributed by atoms with Crippen LogP contribution in [0.5, 0.6) is 0 Å². The van der Waals surface area contributed by atoms with Crippen LogP contribution in [0.3, 0.4) is 0 Å². The lowest BCUT2D eigenvalue weighted by atomic mass is 10.3. The van der Waals surface area contributed by atoms with E-state index in [4.69, 9.17) is 10.6 Å². The molecule has 17 heavy (non-hydrogen) atoms. The molecule has 0 aliphatic carbocycles. The van der Waals surface area contributed by atoms with Gasteiger partial charge >= 0.3 is 0 Å². The van der Waals surface area contributed by atoms with Crippen LogP contribution >= 0.6 is 0 Å². The summed E-state index contributed by atoms with van der Waals surface area (Å²) in [5.41, 5.74) is 3.53. The van der Waals surface area contributed by atoms with E-state index >= 15 is 0 Å². The Labute approximate surface area is 102 Å².